The molecule has 0 aliphatic heterocycles. The SMILES string of the molecule is CCCn1nc(C(=O)OCC(=O)Nc2c(C#N)oc3ccccc23)c2ccccc2c1=O. The van der Waals surface area contributed by atoms with Gasteiger partial charge in [0.25, 0.3) is 11.5 Å². The highest BCUT2D eigenvalue weighted by Gasteiger charge is 2.20. The first-order valence-corrected chi connectivity index (χ1v) is 9.92. The third-order valence-electron chi connectivity index (χ3n) is 4.79. The van der Waals surface area contributed by atoms with Crippen molar-refractivity contribution >= 4 is 39.3 Å². The van der Waals surface area contributed by atoms with E-state index in [9.17, 15) is 19.6 Å². The number of rotatable bonds is 6. The molecule has 9 heteroatoms. The number of para-hydroxylation sites is 1. The molecule has 1 amide bonds. The van der Waals surface area contributed by atoms with Crippen LogP contribution in [0, 0.1) is 11.3 Å². The molecule has 0 saturated carbocycles. The molecular formula is C23H18N4O5. The van der Waals surface area contributed by atoms with E-state index in [0.29, 0.717) is 34.7 Å². The number of carbonyl (C=O) groups excluding carboxylic acids is 2. The van der Waals surface area contributed by atoms with Gasteiger partial charge in [0.15, 0.2) is 12.3 Å². The zero-order chi connectivity index (χ0) is 22.7. The maximum Gasteiger partial charge on any atom is 0.359 e. The highest BCUT2D eigenvalue weighted by Crippen LogP contribution is 2.30. The fourth-order valence-electron chi connectivity index (χ4n) is 3.37. The predicted molar refractivity (Wildman–Crippen MR) is 116 cm³/mol. The zero-order valence-electron chi connectivity index (χ0n) is 17.1. The summed E-state index contributed by atoms with van der Waals surface area (Å²) in [5.41, 5.74) is 0.315. The van der Waals surface area contributed by atoms with Gasteiger partial charge in [-0.15, -0.1) is 0 Å². The van der Waals surface area contributed by atoms with Crippen LogP contribution in [0.15, 0.2) is 57.7 Å². The average Bonchev–Trinajstić information content (AvgIpc) is 3.17. The largest absolute Gasteiger partial charge is 0.451 e. The molecule has 1 N–H and O–H groups in total. The molecule has 0 fully saturated rings. The zero-order valence-corrected chi connectivity index (χ0v) is 17.1. The van der Waals surface area contributed by atoms with E-state index in [1.54, 1.807) is 48.5 Å². The Labute approximate surface area is 181 Å². The molecule has 0 bridgehead atoms. The number of anilines is 1. The van der Waals surface area contributed by atoms with Crippen LogP contribution in [-0.4, -0.2) is 28.3 Å². The lowest BCUT2D eigenvalue weighted by atomic mass is 10.1. The molecule has 0 aliphatic rings. The first-order chi connectivity index (χ1) is 15.5. The molecule has 2 aromatic carbocycles. The van der Waals surface area contributed by atoms with E-state index < -0.39 is 18.5 Å². The fourth-order valence-corrected chi connectivity index (χ4v) is 3.37. The topological polar surface area (TPSA) is 127 Å². The smallest absolute Gasteiger partial charge is 0.359 e. The summed E-state index contributed by atoms with van der Waals surface area (Å²) >= 11 is 0. The normalized spacial score (nSPS) is 10.8. The third kappa shape index (κ3) is 3.81. The van der Waals surface area contributed by atoms with Crippen molar-refractivity contribution in [2.24, 2.45) is 0 Å². The van der Waals surface area contributed by atoms with Gasteiger partial charge in [-0.25, -0.2) is 9.48 Å². The number of aryl methyl sites for hydroxylation is 1. The Kier molecular flexibility index (Phi) is 5.68. The second-order valence-corrected chi connectivity index (χ2v) is 6.96. The fraction of sp³-hybridized carbons (Fsp3) is 0.174. The van der Waals surface area contributed by atoms with E-state index in [2.05, 4.69) is 10.4 Å². The van der Waals surface area contributed by atoms with Crippen LogP contribution in [0.3, 0.4) is 0 Å². The summed E-state index contributed by atoms with van der Waals surface area (Å²) in [6.07, 6.45) is 0.655. The molecule has 0 aliphatic carbocycles. The Balaban J connectivity index is 1.55. The summed E-state index contributed by atoms with van der Waals surface area (Å²) in [6, 6.07) is 15.4. The van der Waals surface area contributed by atoms with Crippen LogP contribution in [0.1, 0.15) is 29.6 Å². The van der Waals surface area contributed by atoms with Crippen LogP contribution < -0.4 is 10.9 Å². The molecule has 32 heavy (non-hydrogen) atoms. The van der Waals surface area contributed by atoms with E-state index in [1.807, 2.05) is 13.0 Å². The number of nitrogens with zero attached hydrogens (tertiary/aromatic N) is 3. The van der Waals surface area contributed by atoms with Gasteiger partial charge in [-0.3, -0.25) is 9.59 Å². The quantitative estimate of drug-likeness (QED) is 0.465. The highest BCUT2D eigenvalue weighted by atomic mass is 16.5. The van der Waals surface area contributed by atoms with Crippen molar-refractivity contribution in [3.05, 3.63) is 70.3 Å². The first-order valence-electron chi connectivity index (χ1n) is 9.92. The van der Waals surface area contributed by atoms with Crippen molar-refractivity contribution in [1.29, 1.82) is 5.26 Å². The van der Waals surface area contributed by atoms with E-state index in [1.165, 1.54) is 4.68 Å². The van der Waals surface area contributed by atoms with Crippen molar-refractivity contribution in [2.45, 2.75) is 19.9 Å². The Morgan fingerprint density at radius 1 is 1.12 bits per heavy atom. The molecular weight excluding hydrogens is 412 g/mol. The summed E-state index contributed by atoms with van der Waals surface area (Å²) in [5.74, 6) is -1.53. The van der Waals surface area contributed by atoms with E-state index in [-0.39, 0.29) is 22.7 Å². The van der Waals surface area contributed by atoms with Gasteiger partial charge in [0.05, 0.1) is 5.39 Å². The number of ether oxygens (including phenoxy) is 1. The summed E-state index contributed by atoms with van der Waals surface area (Å²) < 4.78 is 11.8. The molecule has 9 nitrogen and oxygen atoms in total. The Bertz CT molecular complexity index is 1440. The second kappa shape index (κ2) is 8.73. The minimum Gasteiger partial charge on any atom is -0.451 e. The first kappa shape index (κ1) is 20.8. The average molecular weight is 430 g/mol. The summed E-state index contributed by atoms with van der Waals surface area (Å²) in [7, 11) is 0. The minimum atomic E-state index is -0.834. The van der Waals surface area contributed by atoms with Crippen LogP contribution >= 0.6 is 0 Å². The number of hydrogen-bond acceptors (Lipinski definition) is 7. The van der Waals surface area contributed by atoms with Gasteiger partial charge in [0, 0.05) is 17.3 Å². The lowest BCUT2D eigenvalue weighted by Crippen LogP contribution is -2.27. The van der Waals surface area contributed by atoms with Crippen molar-refractivity contribution < 1.29 is 18.7 Å². The molecule has 0 unspecified atom stereocenters. The van der Waals surface area contributed by atoms with E-state index in [4.69, 9.17) is 9.15 Å². The number of carbonyl (C=O) groups is 2. The van der Waals surface area contributed by atoms with Crippen LogP contribution in [0.25, 0.3) is 21.7 Å². The molecule has 0 radical (unpaired) electrons. The van der Waals surface area contributed by atoms with Crippen molar-refractivity contribution in [1.82, 2.24) is 9.78 Å². The summed E-state index contributed by atoms with van der Waals surface area (Å²) in [4.78, 5) is 37.7. The van der Waals surface area contributed by atoms with Gasteiger partial charge < -0.3 is 14.5 Å². The maximum absolute atomic E-state index is 12.7. The molecule has 4 rings (SSSR count). The van der Waals surface area contributed by atoms with Gasteiger partial charge >= 0.3 is 5.97 Å². The van der Waals surface area contributed by atoms with Gasteiger partial charge in [0.1, 0.15) is 17.3 Å². The predicted octanol–water partition coefficient (Wildman–Crippen LogP) is 3.22. The number of esters is 1. The Morgan fingerprint density at radius 2 is 1.81 bits per heavy atom. The van der Waals surface area contributed by atoms with Gasteiger partial charge in [-0.2, -0.15) is 10.4 Å². The number of nitrogens with one attached hydrogen (secondary N) is 1. The number of hydrogen-bond donors (Lipinski definition) is 1. The molecule has 2 aromatic heterocycles. The molecule has 4 aromatic rings. The standard InChI is InChI=1S/C23H18N4O5/c1-2-11-27-22(29)15-8-4-3-7-14(15)21(26-27)23(30)31-13-19(28)25-20-16-9-5-6-10-17(16)32-18(20)12-24/h3-10H,2,11,13H2,1H3,(H,25,28). The molecule has 2 heterocycles. The number of fused-ring (bicyclic) bond motifs is 2. The Morgan fingerprint density at radius 3 is 2.53 bits per heavy atom. The van der Waals surface area contributed by atoms with Gasteiger partial charge in [0.2, 0.25) is 5.76 Å². The third-order valence-corrected chi connectivity index (χ3v) is 4.79. The van der Waals surface area contributed by atoms with Gasteiger partial charge in [-0.1, -0.05) is 37.3 Å². The highest BCUT2D eigenvalue weighted by molar-refractivity contribution is 6.05. The van der Waals surface area contributed by atoms with Crippen molar-refractivity contribution in [2.75, 3.05) is 11.9 Å². The van der Waals surface area contributed by atoms with Crippen LogP contribution in [0.4, 0.5) is 5.69 Å². The number of nitriles is 1. The molecule has 160 valence electrons. The monoisotopic (exact) mass is 430 g/mol. The summed E-state index contributed by atoms with van der Waals surface area (Å²) in [5, 5.41) is 17.2. The molecule has 0 spiro atoms. The number of furan rings is 1. The van der Waals surface area contributed by atoms with Crippen molar-refractivity contribution in [3.8, 4) is 6.07 Å². The summed E-state index contributed by atoms with van der Waals surface area (Å²) in [6.45, 7) is 1.63. The lowest BCUT2D eigenvalue weighted by Gasteiger charge is -2.10. The minimum absolute atomic E-state index is 0.0482. The number of amides is 1. The van der Waals surface area contributed by atoms with Crippen LogP contribution in [0.2, 0.25) is 0 Å². The molecule has 0 atom stereocenters. The number of aromatic nitrogens is 2. The van der Waals surface area contributed by atoms with Crippen molar-refractivity contribution in [3.63, 3.8) is 0 Å². The van der Waals surface area contributed by atoms with Crippen LogP contribution in [-0.2, 0) is 16.1 Å². The van der Waals surface area contributed by atoms with Gasteiger partial charge in [-0.05, 0) is 24.6 Å². The van der Waals surface area contributed by atoms with E-state index in [0.717, 1.165) is 0 Å². The second-order valence-electron chi connectivity index (χ2n) is 6.96. The maximum atomic E-state index is 12.7. The molecule has 0 saturated heterocycles. The van der Waals surface area contributed by atoms with E-state index >= 15 is 0 Å². The number of benzene rings is 2. The lowest BCUT2D eigenvalue weighted by molar-refractivity contribution is -0.119. The Hall–Kier alpha value is -4.45. The van der Waals surface area contributed by atoms with Crippen LogP contribution in [0.5, 0.6) is 0 Å².